The van der Waals surface area contributed by atoms with E-state index >= 15 is 0 Å². The number of nitro groups is 1. The summed E-state index contributed by atoms with van der Waals surface area (Å²) >= 11 is 0. The lowest BCUT2D eigenvalue weighted by Crippen LogP contribution is -2.07. The number of hydrogen-bond acceptors (Lipinski definition) is 4. The van der Waals surface area contributed by atoms with E-state index in [1.165, 1.54) is 0 Å². The van der Waals surface area contributed by atoms with Crippen LogP contribution in [0.25, 0.3) is 0 Å². The molecule has 21 heavy (non-hydrogen) atoms. The van der Waals surface area contributed by atoms with Crippen LogP contribution in [0.5, 0.6) is 0 Å². The van der Waals surface area contributed by atoms with E-state index in [1.807, 2.05) is 43.3 Å². The molecule has 0 fully saturated rings. The highest BCUT2D eigenvalue weighted by Crippen LogP contribution is 2.33. The summed E-state index contributed by atoms with van der Waals surface area (Å²) in [4.78, 5) is 11.0. The number of nitro benzene ring substituents is 1. The smallest absolute Gasteiger partial charge is 0.315 e. The van der Waals surface area contributed by atoms with Gasteiger partial charge in [0.05, 0.1) is 4.92 Å². The Morgan fingerprint density at radius 3 is 2.29 bits per heavy atom. The second-order valence-corrected chi connectivity index (χ2v) is 4.72. The standard InChI is InChI=1S/C16H19N3O2/c1-2-11-17-14-9-6-10-15(16(14)19(20)21)18-12-13-7-4-3-5-8-13/h3-10,17-18H,2,11-12H2,1H3. The van der Waals surface area contributed by atoms with Gasteiger partial charge in [-0.25, -0.2) is 0 Å². The van der Waals surface area contributed by atoms with Crippen LogP contribution in [0.4, 0.5) is 17.1 Å². The summed E-state index contributed by atoms with van der Waals surface area (Å²) in [6.45, 7) is 3.29. The number of nitrogens with one attached hydrogen (secondary N) is 2. The molecule has 2 rings (SSSR count). The molecule has 2 aromatic carbocycles. The maximum atomic E-state index is 11.3. The third-order valence-corrected chi connectivity index (χ3v) is 3.11. The number of hydrogen-bond donors (Lipinski definition) is 2. The maximum absolute atomic E-state index is 11.3. The lowest BCUT2D eigenvalue weighted by molar-refractivity contribution is -0.383. The van der Waals surface area contributed by atoms with Gasteiger partial charge in [-0.3, -0.25) is 10.1 Å². The predicted molar refractivity (Wildman–Crippen MR) is 85.6 cm³/mol. The van der Waals surface area contributed by atoms with Crippen molar-refractivity contribution in [2.45, 2.75) is 19.9 Å². The van der Waals surface area contributed by atoms with E-state index in [9.17, 15) is 10.1 Å². The molecule has 0 spiro atoms. The minimum absolute atomic E-state index is 0.0990. The van der Waals surface area contributed by atoms with Crippen LogP contribution in [0.15, 0.2) is 48.5 Å². The molecule has 0 aliphatic carbocycles. The highest BCUT2D eigenvalue weighted by Gasteiger charge is 2.19. The Bertz CT molecular complexity index is 600. The van der Waals surface area contributed by atoms with Crippen LogP contribution >= 0.6 is 0 Å². The lowest BCUT2D eigenvalue weighted by Gasteiger charge is -2.11. The highest BCUT2D eigenvalue weighted by molar-refractivity contribution is 5.76. The van der Waals surface area contributed by atoms with E-state index in [1.54, 1.807) is 12.1 Å². The van der Waals surface area contributed by atoms with Gasteiger partial charge in [-0.1, -0.05) is 43.3 Å². The summed E-state index contributed by atoms with van der Waals surface area (Å²) in [5.41, 5.74) is 2.27. The van der Waals surface area contributed by atoms with Gasteiger partial charge >= 0.3 is 5.69 Å². The summed E-state index contributed by atoms with van der Waals surface area (Å²) in [6.07, 6.45) is 0.916. The predicted octanol–water partition coefficient (Wildman–Crippen LogP) is 4.03. The molecule has 0 atom stereocenters. The molecule has 0 saturated heterocycles. The van der Waals surface area contributed by atoms with Crippen LogP contribution in [-0.2, 0) is 6.54 Å². The molecule has 0 heterocycles. The van der Waals surface area contributed by atoms with Crippen molar-refractivity contribution in [1.82, 2.24) is 0 Å². The first-order valence-corrected chi connectivity index (χ1v) is 7.01. The maximum Gasteiger partial charge on any atom is 0.315 e. The summed E-state index contributed by atoms with van der Waals surface area (Å²) < 4.78 is 0. The first kappa shape index (κ1) is 14.8. The molecule has 5 nitrogen and oxygen atoms in total. The van der Waals surface area contributed by atoms with Gasteiger partial charge in [0.25, 0.3) is 0 Å². The number of benzene rings is 2. The Hall–Kier alpha value is -2.56. The van der Waals surface area contributed by atoms with Crippen LogP contribution in [0.2, 0.25) is 0 Å². The van der Waals surface area contributed by atoms with Gasteiger partial charge in [0.1, 0.15) is 11.4 Å². The van der Waals surface area contributed by atoms with Gasteiger partial charge in [-0.2, -0.15) is 0 Å². The molecule has 2 N–H and O–H groups in total. The van der Waals surface area contributed by atoms with Crippen LogP contribution in [0.3, 0.4) is 0 Å². The molecule has 110 valence electrons. The van der Waals surface area contributed by atoms with E-state index in [4.69, 9.17) is 0 Å². The topological polar surface area (TPSA) is 67.2 Å². The number of rotatable bonds is 7. The Kier molecular flexibility index (Phi) is 5.15. The average molecular weight is 285 g/mol. The Labute approximate surface area is 124 Å². The molecule has 0 amide bonds. The van der Waals surface area contributed by atoms with Gasteiger partial charge in [0.2, 0.25) is 0 Å². The molecule has 0 bridgehead atoms. The monoisotopic (exact) mass is 285 g/mol. The first-order chi connectivity index (χ1) is 10.2. The van der Waals surface area contributed by atoms with Crippen LogP contribution in [0, 0.1) is 10.1 Å². The Balaban J connectivity index is 2.20. The zero-order valence-corrected chi connectivity index (χ0v) is 12.0. The second-order valence-electron chi connectivity index (χ2n) is 4.72. The van der Waals surface area contributed by atoms with Crippen molar-refractivity contribution in [3.05, 3.63) is 64.2 Å². The summed E-state index contributed by atoms with van der Waals surface area (Å²) in [5, 5.41) is 17.6. The van der Waals surface area contributed by atoms with Crippen LogP contribution in [0.1, 0.15) is 18.9 Å². The molecule has 0 unspecified atom stereocenters. The largest absolute Gasteiger partial charge is 0.379 e. The van der Waals surface area contributed by atoms with Crippen LogP contribution < -0.4 is 10.6 Å². The van der Waals surface area contributed by atoms with Crippen molar-refractivity contribution < 1.29 is 4.92 Å². The van der Waals surface area contributed by atoms with Crippen molar-refractivity contribution in [1.29, 1.82) is 0 Å². The van der Waals surface area contributed by atoms with Crippen molar-refractivity contribution in [3.8, 4) is 0 Å². The normalized spacial score (nSPS) is 10.1. The van der Waals surface area contributed by atoms with Gasteiger partial charge in [0.15, 0.2) is 0 Å². The molecular formula is C16H19N3O2. The number of para-hydroxylation sites is 1. The van der Waals surface area contributed by atoms with E-state index in [0.717, 1.165) is 12.0 Å². The van der Waals surface area contributed by atoms with Crippen molar-refractivity contribution in [2.75, 3.05) is 17.2 Å². The lowest BCUT2D eigenvalue weighted by atomic mass is 10.2. The molecule has 0 saturated carbocycles. The second kappa shape index (κ2) is 7.28. The third kappa shape index (κ3) is 3.95. The third-order valence-electron chi connectivity index (χ3n) is 3.11. The van der Waals surface area contributed by atoms with Gasteiger partial charge < -0.3 is 10.6 Å². The Morgan fingerprint density at radius 2 is 1.67 bits per heavy atom. The first-order valence-electron chi connectivity index (χ1n) is 7.01. The fourth-order valence-electron chi connectivity index (χ4n) is 2.08. The zero-order valence-electron chi connectivity index (χ0n) is 12.0. The molecule has 5 heteroatoms. The molecule has 0 radical (unpaired) electrons. The quantitative estimate of drug-likeness (QED) is 0.595. The summed E-state index contributed by atoms with van der Waals surface area (Å²) in [7, 11) is 0. The Morgan fingerprint density at radius 1 is 1.00 bits per heavy atom. The summed E-state index contributed by atoms with van der Waals surface area (Å²) in [5.74, 6) is 0. The zero-order chi connectivity index (χ0) is 15.1. The number of anilines is 2. The molecule has 0 aliphatic rings. The van der Waals surface area contributed by atoms with Crippen molar-refractivity contribution in [3.63, 3.8) is 0 Å². The summed E-state index contributed by atoms with van der Waals surface area (Å²) in [6, 6.07) is 15.1. The van der Waals surface area contributed by atoms with Gasteiger partial charge in [0, 0.05) is 13.1 Å². The SMILES string of the molecule is CCCNc1cccc(NCc2ccccc2)c1[N+](=O)[O-]. The van der Waals surface area contributed by atoms with Gasteiger partial charge in [-0.05, 0) is 24.1 Å². The van der Waals surface area contributed by atoms with E-state index in [-0.39, 0.29) is 10.6 Å². The number of nitrogens with zero attached hydrogens (tertiary/aromatic N) is 1. The van der Waals surface area contributed by atoms with Crippen molar-refractivity contribution >= 4 is 17.1 Å². The fraction of sp³-hybridized carbons (Fsp3) is 0.250. The van der Waals surface area contributed by atoms with Gasteiger partial charge in [-0.15, -0.1) is 0 Å². The van der Waals surface area contributed by atoms with Crippen molar-refractivity contribution in [2.24, 2.45) is 0 Å². The molecule has 2 aromatic rings. The molecule has 0 aliphatic heterocycles. The average Bonchev–Trinajstić information content (AvgIpc) is 2.51. The molecular weight excluding hydrogens is 266 g/mol. The van der Waals surface area contributed by atoms with E-state index < -0.39 is 0 Å². The highest BCUT2D eigenvalue weighted by atomic mass is 16.6. The van der Waals surface area contributed by atoms with E-state index in [2.05, 4.69) is 10.6 Å². The fourth-order valence-corrected chi connectivity index (χ4v) is 2.08. The minimum Gasteiger partial charge on any atom is -0.379 e. The molecule has 0 aromatic heterocycles. The van der Waals surface area contributed by atoms with E-state index in [0.29, 0.717) is 24.5 Å². The van der Waals surface area contributed by atoms with Crippen LogP contribution in [-0.4, -0.2) is 11.5 Å². The minimum atomic E-state index is -0.342.